The topological polar surface area (TPSA) is 40.5 Å². The summed E-state index contributed by atoms with van der Waals surface area (Å²) in [6.45, 7) is -0.0607. The molecule has 0 bridgehead atoms. The Morgan fingerprint density at radius 1 is 1.31 bits per heavy atom. The van der Waals surface area contributed by atoms with Crippen molar-refractivity contribution >= 4 is 34.1 Å². The molecule has 2 nitrogen and oxygen atoms in total. The summed E-state index contributed by atoms with van der Waals surface area (Å²) < 4.78 is 1.84. The number of hydrogen-bond donors (Lipinski definition) is 3. The zero-order chi connectivity index (χ0) is 9.42. The van der Waals surface area contributed by atoms with Crippen molar-refractivity contribution in [2.45, 2.75) is 10.8 Å². The predicted octanol–water partition coefficient (Wildman–Crippen LogP) is 2.39. The summed E-state index contributed by atoms with van der Waals surface area (Å²) in [4.78, 5) is 0. The lowest BCUT2D eigenvalue weighted by molar-refractivity contribution is 0.283. The summed E-state index contributed by atoms with van der Waals surface area (Å²) in [6, 6.07) is 5.15. The van der Waals surface area contributed by atoms with Crippen LogP contribution in [0.1, 0.15) is 5.56 Å². The lowest BCUT2D eigenvalue weighted by atomic mass is 10.1. The highest BCUT2D eigenvalue weighted by Crippen LogP contribution is 2.33. The van der Waals surface area contributed by atoms with Gasteiger partial charge in [-0.15, -0.1) is 24.0 Å². The van der Waals surface area contributed by atoms with Crippen molar-refractivity contribution < 1.29 is 10.2 Å². The van der Waals surface area contributed by atoms with E-state index in [9.17, 15) is 5.11 Å². The third kappa shape index (κ3) is 1.52. The van der Waals surface area contributed by atoms with Gasteiger partial charge in [0, 0.05) is 4.70 Å². The molecule has 1 aromatic carbocycles. The van der Waals surface area contributed by atoms with Gasteiger partial charge in [-0.05, 0) is 29.1 Å². The molecule has 2 N–H and O–H groups in total. The standard InChI is InChI=1S/C9H8O2S2/c10-4-5-1-6(11)2-8-7(5)3-9(12)13-8/h1-3,10-12H,4H2. The van der Waals surface area contributed by atoms with Crippen LogP contribution in [0.4, 0.5) is 0 Å². The van der Waals surface area contributed by atoms with E-state index in [0.717, 1.165) is 19.9 Å². The van der Waals surface area contributed by atoms with Gasteiger partial charge in [-0.1, -0.05) is 0 Å². The zero-order valence-corrected chi connectivity index (χ0v) is 8.40. The van der Waals surface area contributed by atoms with Gasteiger partial charge in [-0.25, -0.2) is 0 Å². The smallest absolute Gasteiger partial charge is 0.117 e. The van der Waals surface area contributed by atoms with Gasteiger partial charge in [0.1, 0.15) is 5.75 Å². The Labute approximate surface area is 84.9 Å². The van der Waals surface area contributed by atoms with Crippen LogP contribution in [0.5, 0.6) is 5.75 Å². The molecule has 0 fully saturated rings. The average Bonchev–Trinajstić information content (AvgIpc) is 2.43. The fraction of sp³-hybridized carbons (Fsp3) is 0.111. The first-order valence-electron chi connectivity index (χ1n) is 3.76. The first-order valence-corrected chi connectivity index (χ1v) is 5.02. The fourth-order valence-corrected chi connectivity index (χ4v) is 2.62. The number of phenols is 1. The Kier molecular flexibility index (Phi) is 2.19. The Hall–Kier alpha value is -0.710. The SMILES string of the molecule is OCc1cc(O)cc2sc(S)cc12. The van der Waals surface area contributed by atoms with Gasteiger partial charge >= 0.3 is 0 Å². The molecule has 0 aliphatic heterocycles. The van der Waals surface area contributed by atoms with E-state index in [-0.39, 0.29) is 12.4 Å². The van der Waals surface area contributed by atoms with Crippen LogP contribution in [0, 0.1) is 0 Å². The molecule has 0 amide bonds. The fourth-order valence-electron chi connectivity index (χ4n) is 1.31. The van der Waals surface area contributed by atoms with E-state index in [1.54, 1.807) is 12.1 Å². The second-order valence-electron chi connectivity index (χ2n) is 2.76. The van der Waals surface area contributed by atoms with E-state index in [1.807, 2.05) is 6.07 Å². The number of thiol groups is 1. The van der Waals surface area contributed by atoms with E-state index in [1.165, 1.54) is 11.3 Å². The van der Waals surface area contributed by atoms with Crippen molar-refractivity contribution in [1.29, 1.82) is 0 Å². The molecule has 1 heterocycles. The maximum atomic E-state index is 9.32. The second kappa shape index (κ2) is 3.21. The van der Waals surface area contributed by atoms with Crippen molar-refractivity contribution in [1.82, 2.24) is 0 Å². The zero-order valence-electron chi connectivity index (χ0n) is 6.69. The molecule has 2 rings (SSSR count). The first-order chi connectivity index (χ1) is 6.20. The summed E-state index contributed by atoms with van der Waals surface area (Å²) in [7, 11) is 0. The number of benzene rings is 1. The first kappa shape index (κ1) is 8.87. The van der Waals surface area contributed by atoms with Crippen LogP contribution in [-0.2, 0) is 6.61 Å². The van der Waals surface area contributed by atoms with Crippen LogP contribution >= 0.6 is 24.0 Å². The van der Waals surface area contributed by atoms with Crippen LogP contribution in [0.3, 0.4) is 0 Å². The summed E-state index contributed by atoms with van der Waals surface area (Å²) in [5.41, 5.74) is 0.742. The maximum Gasteiger partial charge on any atom is 0.117 e. The monoisotopic (exact) mass is 212 g/mol. The van der Waals surface area contributed by atoms with Gasteiger partial charge in [0.25, 0.3) is 0 Å². The van der Waals surface area contributed by atoms with Crippen LogP contribution in [0.15, 0.2) is 22.4 Å². The number of thiophene rings is 1. The van der Waals surface area contributed by atoms with Crippen molar-refractivity contribution in [3.8, 4) is 5.75 Å². The highest BCUT2D eigenvalue weighted by atomic mass is 32.2. The number of aliphatic hydroxyl groups is 1. The largest absolute Gasteiger partial charge is 0.508 e. The Balaban J connectivity index is 2.80. The molecule has 4 heteroatoms. The van der Waals surface area contributed by atoms with Gasteiger partial charge in [-0.2, -0.15) is 0 Å². The van der Waals surface area contributed by atoms with Gasteiger partial charge in [0.2, 0.25) is 0 Å². The molecule has 1 aromatic heterocycles. The number of aromatic hydroxyl groups is 1. The molecule has 68 valence electrons. The number of rotatable bonds is 1. The third-order valence-corrected chi connectivity index (χ3v) is 3.15. The van der Waals surface area contributed by atoms with E-state index < -0.39 is 0 Å². The summed E-state index contributed by atoms with van der Waals surface area (Å²) >= 11 is 5.71. The molecule has 0 atom stereocenters. The molecule has 0 aliphatic rings. The van der Waals surface area contributed by atoms with Crippen molar-refractivity contribution in [3.63, 3.8) is 0 Å². The minimum Gasteiger partial charge on any atom is -0.508 e. The molecule has 0 radical (unpaired) electrons. The molecular formula is C9H8O2S2. The minimum absolute atomic E-state index is 0.0607. The summed E-state index contributed by atoms with van der Waals surface area (Å²) in [6.07, 6.45) is 0. The average molecular weight is 212 g/mol. The molecule has 0 saturated carbocycles. The quantitative estimate of drug-likeness (QED) is 0.635. The number of phenolic OH excluding ortho intramolecular Hbond substituents is 1. The van der Waals surface area contributed by atoms with Crippen molar-refractivity contribution in [2.75, 3.05) is 0 Å². The molecule has 13 heavy (non-hydrogen) atoms. The molecule has 0 aliphatic carbocycles. The number of fused-ring (bicyclic) bond motifs is 1. The Bertz CT molecular complexity index is 448. The maximum absolute atomic E-state index is 9.32. The highest BCUT2D eigenvalue weighted by Gasteiger charge is 2.05. The molecule has 0 unspecified atom stereocenters. The van der Waals surface area contributed by atoms with Crippen molar-refractivity contribution in [2.24, 2.45) is 0 Å². The van der Waals surface area contributed by atoms with E-state index in [4.69, 9.17) is 5.11 Å². The Morgan fingerprint density at radius 2 is 2.08 bits per heavy atom. The second-order valence-corrected chi connectivity index (χ2v) is 4.63. The molecule has 2 aromatic rings. The van der Waals surface area contributed by atoms with E-state index in [0.29, 0.717) is 0 Å². The minimum atomic E-state index is -0.0607. The highest BCUT2D eigenvalue weighted by molar-refractivity contribution is 7.83. The van der Waals surface area contributed by atoms with E-state index in [2.05, 4.69) is 12.6 Å². The number of hydrogen-bond acceptors (Lipinski definition) is 4. The normalized spacial score (nSPS) is 10.9. The lowest BCUT2D eigenvalue weighted by Crippen LogP contribution is -1.82. The summed E-state index contributed by atoms with van der Waals surface area (Å²) in [5.74, 6) is 0.187. The van der Waals surface area contributed by atoms with Crippen LogP contribution < -0.4 is 0 Å². The molecule has 0 saturated heterocycles. The third-order valence-electron chi connectivity index (χ3n) is 1.87. The van der Waals surface area contributed by atoms with E-state index >= 15 is 0 Å². The van der Waals surface area contributed by atoms with Crippen LogP contribution in [-0.4, -0.2) is 10.2 Å². The number of aliphatic hydroxyl groups excluding tert-OH is 1. The molecule has 0 spiro atoms. The summed E-state index contributed by atoms with van der Waals surface area (Å²) in [5, 5.41) is 19.3. The lowest BCUT2D eigenvalue weighted by Gasteiger charge is -1.99. The molecular weight excluding hydrogens is 204 g/mol. The van der Waals surface area contributed by atoms with Gasteiger partial charge in [0.15, 0.2) is 0 Å². The van der Waals surface area contributed by atoms with Gasteiger partial charge in [0.05, 0.1) is 10.8 Å². The van der Waals surface area contributed by atoms with Gasteiger partial charge < -0.3 is 10.2 Å². The van der Waals surface area contributed by atoms with Crippen LogP contribution in [0.2, 0.25) is 0 Å². The Morgan fingerprint density at radius 3 is 2.77 bits per heavy atom. The van der Waals surface area contributed by atoms with Crippen molar-refractivity contribution in [3.05, 3.63) is 23.8 Å². The van der Waals surface area contributed by atoms with Crippen LogP contribution in [0.25, 0.3) is 10.1 Å². The van der Waals surface area contributed by atoms with Gasteiger partial charge in [-0.3, -0.25) is 0 Å². The predicted molar refractivity (Wildman–Crippen MR) is 56.7 cm³/mol.